The monoisotopic (exact) mass is 412 g/mol. The summed E-state index contributed by atoms with van der Waals surface area (Å²) in [5.41, 5.74) is 0.747. The number of hydrogen-bond acceptors (Lipinski definition) is 4. The van der Waals surface area contributed by atoms with Crippen LogP contribution in [0.1, 0.15) is 60.2 Å². The molecule has 0 radical (unpaired) electrons. The first-order chi connectivity index (χ1) is 14.2. The second-order valence-electron chi connectivity index (χ2n) is 7.27. The first-order valence-electron chi connectivity index (χ1n) is 10.2. The lowest BCUT2D eigenvalue weighted by Crippen LogP contribution is -2.40. The summed E-state index contributed by atoms with van der Waals surface area (Å²) < 4.78 is 5.14. The predicted octanol–water partition coefficient (Wildman–Crippen LogP) is 4.76. The first kappa shape index (κ1) is 21.1. The molecule has 0 atom stereocenters. The number of thiophene rings is 1. The van der Waals surface area contributed by atoms with Gasteiger partial charge in [-0.3, -0.25) is 9.59 Å². The molecule has 2 N–H and O–H groups in total. The minimum atomic E-state index is -0.316. The van der Waals surface area contributed by atoms with Crippen LogP contribution in [0.5, 0.6) is 5.75 Å². The maximum Gasteiger partial charge on any atom is 0.268 e. The highest BCUT2D eigenvalue weighted by molar-refractivity contribution is 7.10. The van der Waals surface area contributed by atoms with Crippen LogP contribution in [0.2, 0.25) is 0 Å². The summed E-state index contributed by atoms with van der Waals surface area (Å²) in [7, 11) is 1.58. The molecule has 1 fully saturated rings. The number of rotatable bonds is 6. The van der Waals surface area contributed by atoms with Gasteiger partial charge in [0.15, 0.2) is 0 Å². The molecular formula is C23H28N2O3S. The van der Waals surface area contributed by atoms with Crippen LogP contribution in [-0.2, 0) is 4.79 Å². The number of benzene rings is 1. The molecule has 1 aromatic heterocycles. The van der Waals surface area contributed by atoms with E-state index < -0.39 is 0 Å². The van der Waals surface area contributed by atoms with Crippen molar-refractivity contribution in [3.05, 3.63) is 57.9 Å². The smallest absolute Gasteiger partial charge is 0.268 e. The number of ether oxygens (including phenoxy) is 1. The van der Waals surface area contributed by atoms with Crippen LogP contribution in [0.15, 0.2) is 47.5 Å². The number of hydrogen-bond donors (Lipinski definition) is 2. The van der Waals surface area contributed by atoms with E-state index in [-0.39, 0.29) is 23.6 Å². The van der Waals surface area contributed by atoms with Gasteiger partial charge >= 0.3 is 0 Å². The van der Waals surface area contributed by atoms with E-state index in [1.807, 2.05) is 17.5 Å². The number of methoxy groups -OCH3 is 1. The molecule has 0 unspecified atom stereocenters. The molecule has 5 nitrogen and oxygen atoms in total. The molecule has 6 heteroatoms. The number of carbonyl (C=O) groups excluding carboxylic acids is 2. The number of nitrogens with one attached hydrogen (secondary N) is 2. The summed E-state index contributed by atoms with van der Waals surface area (Å²) in [5.74, 6) is 0.132. The third-order valence-corrected chi connectivity index (χ3v) is 5.93. The van der Waals surface area contributed by atoms with Crippen LogP contribution >= 0.6 is 11.3 Å². The molecular weight excluding hydrogens is 384 g/mol. The molecule has 0 saturated heterocycles. The molecule has 1 heterocycles. The average Bonchev–Trinajstić information content (AvgIpc) is 3.22. The topological polar surface area (TPSA) is 67.4 Å². The van der Waals surface area contributed by atoms with E-state index >= 15 is 0 Å². The van der Waals surface area contributed by atoms with E-state index in [2.05, 4.69) is 10.6 Å². The molecule has 29 heavy (non-hydrogen) atoms. The standard InChI is InChI=1S/C23H28N2O3S/c1-28-19-13-11-17(12-14-19)22(26)25-21(16-20-10-7-15-29-20)23(27)24-18-8-5-3-2-4-6-9-18/h7,10-16,18H,2-6,8-9H2,1H3,(H,24,27)(H,25,26)/b21-16-. The van der Waals surface area contributed by atoms with Crippen molar-refractivity contribution < 1.29 is 14.3 Å². The fourth-order valence-electron chi connectivity index (χ4n) is 3.47. The first-order valence-corrected chi connectivity index (χ1v) is 11.0. The van der Waals surface area contributed by atoms with Crippen molar-refractivity contribution in [3.8, 4) is 5.75 Å². The molecule has 0 spiro atoms. The zero-order valence-corrected chi connectivity index (χ0v) is 17.6. The van der Waals surface area contributed by atoms with Crippen LogP contribution in [-0.4, -0.2) is 25.0 Å². The molecule has 154 valence electrons. The van der Waals surface area contributed by atoms with Gasteiger partial charge in [0.05, 0.1) is 7.11 Å². The van der Waals surface area contributed by atoms with Gasteiger partial charge in [-0.1, -0.05) is 38.2 Å². The zero-order valence-electron chi connectivity index (χ0n) is 16.8. The lowest BCUT2D eigenvalue weighted by atomic mass is 9.96. The molecule has 1 aromatic carbocycles. The molecule has 1 aliphatic rings. The molecule has 0 bridgehead atoms. The summed E-state index contributed by atoms with van der Waals surface area (Å²) >= 11 is 1.52. The maximum atomic E-state index is 13.0. The van der Waals surface area contributed by atoms with Crippen molar-refractivity contribution >= 4 is 29.2 Å². The van der Waals surface area contributed by atoms with E-state index in [4.69, 9.17) is 4.74 Å². The Morgan fingerprint density at radius 3 is 2.34 bits per heavy atom. The summed E-state index contributed by atoms with van der Waals surface area (Å²) in [5, 5.41) is 7.89. The third kappa shape index (κ3) is 6.46. The summed E-state index contributed by atoms with van der Waals surface area (Å²) in [6, 6.07) is 10.8. The minimum absolute atomic E-state index is 0.160. The molecule has 0 aliphatic heterocycles. The van der Waals surface area contributed by atoms with Crippen LogP contribution in [0, 0.1) is 0 Å². The normalized spacial score (nSPS) is 15.8. The average molecular weight is 413 g/mol. The van der Waals surface area contributed by atoms with Crippen LogP contribution < -0.4 is 15.4 Å². The molecule has 1 saturated carbocycles. The van der Waals surface area contributed by atoms with Crippen molar-refractivity contribution in [1.82, 2.24) is 10.6 Å². The van der Waals surface area contributed by atoms with E-state index in [1.54, 1.807) is 37.5 Å². The molecule has 2 aromatic rings. The van der Waals surface area contributed by atoms with Crippen LogP contribution in [0.3, 0.4) is 0 Å². The van der Waals surface area contributed by atoms with Gasteiger partial charge in [-0.25, -0.2) is 0 Å². The Hall–Kier alpha value is -2.60. The lowest BCUT2D eigenvalue weighted by Gasteiger charge is -2.22. The Bertz CT molecular complexity index is 820. The van der Waals surface area contributed by atoms with Gasteiger partial charge in [0, 0.05) is 16.5 Å². The van der Waals surface area contributed by atoms with E-state index in [1.165, 1.54) is 30.6 Å². The fraction of sp³-hybridized carbons (Fsp3) is 0.391. The van der Waals surface area contributed by atoms with E-state index in [9.17, 15) is 9.59 Å². The minimum Gasteiger partial charge on any atom is -0.497 e. The van der Waals surface area contributed by atoms with Gasteiger partial charge in [0.1, 0.15) is 11.4 Å². The van der Waals surface area contributed by atoms with Gasteiger partial charge in [0.2, 0.25) is 0 Å². The van der Waals surface area contributed by atoms with Crippen molar-refractivity contribution in [2.45, 2.75) is 51.0 Å². The lowest BCUT2D eigenvalue weighted by molar-refractivity contribution is -0.118. The Morgan fingerprint density at radius 1 is 1.03 bits per heavy atom. The van der Waals surface area contributed by atoms with Crippen LogP contribution in [0.25, 0.3) is 6.08 Å². The molecule has 1 aliphatic carbocycles. The molecule has 3 rings (SSSR count). The largest absolute Gasteiger partial charge is 0.497 e. The fourth-order valence-corrected chi connectivity index (χ4v) is 4.13. The van der Waals surface area contributed by atoms with Crippen molar-refractivity contribution in [2.75, 3.05) is 7.11 Å². The molecule has 2 amide bonds. The second kappa shape index (κ2) is 10.8. The highest BCUT2D eigenvalue weighted by Crippen LogP contribution is 2.18. The number of amides is 2. The Labute approximate surface area is 176 Å². The summed E-state index contributed by atoms with van der Waals surface area (Å²) in [6.07, 6.45) is 9.71. The van der Waals surface area contributed by atoms with Gasteiger partial charge < -0.3 is 15.4 Å². The van der Waals surface area contributed by atoms with E-state index in [0.717, 1.165) is 30.6 Å². The van der Waals surface area contributed by atoms with Gasteiger partial charge in [-0.15, -0.1) is 11.3 Å². The SMILES string of the molecule is COc1ccc(C(=O)N/C(=C\c2cccs2)C(=O)NC2CCCCCCC2)cc1. The maximum absolute atomic E-state index is 13.0. The summed E-state index contributed by atoms with van der Waals surface area (Å²) in [4.78, 5) is 26.6. The van der Waals surface area contributed by atoms with Gasteiger partial charge in [-0.05, 0) is 54.6 Å². The highest BCUT2D eigenvalue weighted by Gasteiger charge is 2.19. The summed E-state index contributed by atoms with van der Waals surface area (Å²) in [6.45, 7) is 0. The second-order valence-corrected chi connectivity index (χ2v) is 8.25. The zero-order chi connectivity index (χ0) is 20.5. The van der Waals surface area contributed by atoms with Gasteiger partial charge in [-0.2, -0.15) is 0 Å². The predicted molar refractivity (Wildman–Crippen MR) is 117 cm³/mol. The Morgan fingerprint density at radius 2 is 1.72 bits per heavy atom. The van der Waals surface area contributed by atoms with Crippen molar-refractivity contribution in [1.29, 1.82) is 0 Å². The number of carbonyl (C=O) groups is 2. The highest BCUT2D eigenvalue weighted by atomic mass is 32.1. The van der Waals surface area contributed by atoms with Gasteiger partial charge in [0.25, 0.3) is 11.8 Å². The quantitative estimate of drug-likeness (QED) is 0.673. The Kier molecular flexibility index (Phi) is 7.87. The Balaban J connectivity index is 1.73. The van der Waals surface area contributed by atoms with Crippen LogP contribution in [0.4, 0.5) is 0 Å². The van der Waals surface area contributed by atoms with E-state index in [0.29, 0.717) is 11.3 Å². The third-order valence-electron chi connectivity index (χ3n) is 5.12. The van der Waals surface area contributed by atoms with Crippen molar-refractivity contribution in [2.24, 2.45) is 0 Å². The van der Waals surface area contributed by atoms with Crippen molar-refractivity contribution in [3.63, 3.8) is 0 Å².